The monoisotopic (exact) mass is 206 g/mol. The first-order chi connectivity index (χ1) is 7.20. The summed E-state index contributed by atoms with van der Waals surface area (Å²) in [6, 6.07) is 5.81. The summed E-state index contributed by atoms with van der Waals surface area (Å²) in [5.41, 5.74) is 7.50. The lowest BCUT2D eigenvalue weighted by Gasteiger charge is -2.09. The van der Waals surface area contributed by atoms with E-state index >= 15 is 0 Å². The minimum Gasteiger partial charge on any atom is -0.495 e. The van der Waals surface area contributed by atoms with Crippen molar-refractivity contribution >= 4 is 11.4 Å². The number of methoxy groups -OCH3 is 1. The Morgan fingerprint density at radius 3 is 2.87 bits per heavy atom. The number of nitrogens with two attached hydrogens (primary N) is 1. The van der Waals surface area contributed by atoms with Crippen LogP contribution in [0.1, 0.15) is 13.3 Å². The first-order valence-corrected chi connectivity index (χ1v) is 5.38. The molecule has 2 unspecified atom stereocenters. The molecule has 0 radical (unpaired) electrons. The highest BCUT2D eigenvalue weighted by Crippen LogP contribution is 2.37. The van der Waals surface area contributed by atoms with Gasteiger partial charge in [-0.25, -0.2) is 0 Å². The quantitative estimate of drug-likeness (QED) is 0.743. The maximum Gasteiger partial charge on any atom is 0.143 e. The molecule has 3 nitrogen and oxygen atoms in total. The standard InChI is InChI=1S/C12H18N2O/c1-8-5-9(8)7-14-10-3-4-11(13)12(6-10)15-2/h3-4,6,8-9,14H,5,7,13H2,1-2H3. The van der Waals surface area contributed by atoms with E-state index in [1.807, 2.05) is 18.2 Å². The average molecular weight is 206 g/mol. The maximum absolute atomic E-state index is 5.74. The van der Waals surface area contributed by atoms with Crippen molar-refractivity contribution in [1.82, 2.24) is 0 Å². The predicted octanol–water partition coefficient (Wildman–Crippen LogP) is 2.35. The van der Waals surface area contributed by atoms with Crippen molar-refractivity contribution in [2.75, 3.05) is 24.7 Å². The Hall–Kier alpha value is -1.38. The van der Waals surface area contributed by atoms with Gasteiger partial charge in [0.15, 0.2) is 0 Å². The second-order valence-electron chi connectivity index (χ2n) is 4.31. The summed E-state index contributed by atoms with van der Waals surface area (Å²) in [6.07, 6.45) is 1.35. The zero-order valence-electron chi connectivity index (χ0n) is 9.29. The van der Waals surface area contributed by atoms with Crippen molar-refractivity contribution in [2.24, 2.45) is 11.8 Å². The van der Waals surface area contributed by atoms with Crippen LogP contribution < -0.4 is 15.8 Å². The number of ether oxygens (including phenoxy) is 1. The fourth-order valence-corrected chi connectivity index (χ4v) is 1.75. The van der Waals surface area contributed by atoms with Gasteiger partial charge in [-0.15, -0.1) is 0 Å². The molecule has 82 valence electrons. The van der Waals surface area contributed by atoms with Crippen molar-refractivity contribution in [3.05, 3.63) is 18.2 Å². The van der Waals surface area contributed by atoms with Gasteiger partial charge in [-0.3, -0.25) is 0 Å². The normalized spacial score (nSPS) is 23.6. The molecule has 0 aromatic heterocycles. The number of hydrogen-bond acceptors (Lipinski definition) is 3. The molecule has 3 heteroatoms. The summed E-state index contributed by atoms with van der Waals surface area (Å²) in [6.45, 7) is 3.34. The van der Waals surface area contributed by atoms with Gasteiger partial charge < -0.3 is 15.8 Å². The lowest BCUT2D eigenvalue weighted by atomic mass is 10.2. The molecule has 1 aromatic rings. The minimum absolute atomic E-state index is 0.683. The molecular weight excluding hydrogens is 188 g/mol. The number of nitrogens with one attached hydrogen (secondary N) is 1. The summed E-state index contributed by atoms with van der Waals surface area (Å²) in [5.74, 6) is 2.46. The van der Waals surface area contributed by atoms with Crippen molar-refractivity contribution in [2.45, 2.75) is 13.3 Å². The summed E-state index contributed by atoms with van der Waals surface area (Å²) in [5, 5.41) is 3.40. The van der Waals surface area contributed by atoms with Crippen molar-refractivity contribution in [3.63, 3.8) is 0 Å². The Morgan fingerprint density at radius 1 is 1.53 bits per heavy atom. The second-order valence-corrected chi connectivity index (χ2v) is 4.31. The predicted molar refractivity (Wildman–Crippen MR) is 63.2 cm³/mol. The van der Waals surface area contributed by atoms with Crippen molar-refractivity contribution < 1.29 is 4.74 Å². The summed E-state index contributed by atoms with van der Waals surface area (Å²) < 4.78 is 5.16. The minimum atomic E-state index is 0.683. The van der Waals surface area contributed by atoms with Gasteiger partial charge in [-0.1, -0.05) is 6.92 Å². The van der Waals surface area contributed by atoms with Crippen LogP contribution in [0.5, 0.6) is 5.75 Å². The molecule has 1 fully saturated rings. The van der Waals surface area contributed by atoms with Gasteiger partial charge in [0.1, 0.15) is 5.75 Å². The highest BCUT2D eigenvalue weighted by molar-refractivity contribution is 5.61. The zero-order chi connectivity index (χ0) is 10.8. The Balaban J connectivity index is 1.96. The topological polar surface area (TPSA) is 47.3 Å². The van der Waals surface area contributed by atoms with Crippen LogP contribution in [0, 0.1) is 11.8 Å². The first kappa shape index (κ1) is 10.1. The van der Waals surface area contributed by atoms with E-state index in [0.717, 1.165) is 29.8 Å². The van der Waals surface area contributed by atoms with Crippen LogP contribution in [0.15, 0.2) is 18.2 Å². The molecular formula is C12H18N2O. The molecule has 1 saturated carbocycles. The molecule has 2 rings (SSSR count). The van der Waals surface area contributed by atoms with E-state index in [4.69, 9.17) is 10.5 Å². The van der Waals surface area contributed by atoms with Crippen LogP contribution in [-0.4, -0.2) is 13.7 Å². The van der Waals surface area contributed by atoms with E-state index in [-0.39, 0.29) is 0 Å². The molecule has 1 aliphatic rings. The molecule has 15 heavy (non-hydrogen) atoms. The molecule has 0 heterocycles. The number of nitrogen functional groups attached to an aromatic ring is 1. The van der Waals surface area contributed by atoms with Crippen molar-refractivity contribution in [3.8, 4) is 5.75 Å². The molecule has 0 saturated heterocycles. The number of rotatable bonds is 4. The van der Waals surface area contributed by atoms with Crippen LogP contribution in [0.25, 0.3) is 0 Å². The third-order valence-electron chi connectivity index (χ3n) is 3.08. The van der Waals surface area contributed by atoms with Gasteiger partial charge in [-0.05, 0) is 30.4 Å². The van der Waals surface area contributed by atoms with Gasteiger partial charge in [0.2, 0.25) is 0 Å². The van der Waals surface area contributed by atoms with E-state index in [2.05, 4.69) is 12.2 Å². The maximum atomic E-state index is 5.74. The highest BCUT2D eigenvalue weighted by Gasteiger charge is 2.31. The number of hydrogen-bond donors (Lipinski definition) is 2. The van der Waals surface area contributed by atoms with Crippen LogP contribution in [0.2, 0.25) is 0 Å². The molecule has 1 aromatic carbocycles. The molecule has 1 aliphatic carbocycles. The van der Waals surface area contributed by atoms with Crippen molar-refractivity contribution in [1.29, 1.82) is 0 Å². The van der Waals surface area contributed by atoms with Crippen LogP contribution in [0.3, 0.4) is 0 Å². The zero-order valence-corrected chi connectivity index (χ0v) is 9.29. The summed E-state index contributed by atoms with van der Waals surface area (Å²) in [7, 11) is 1.64. The van der Waals surface area contributed by atoms with E-state index < -0.39 is 0 Å². The highest BCUT2D eigenvalue weighted by atomic mass is 16.5. The van der Waals surface area contributed by atoms with Gasteiger partial charge in [0.25, 0.3) is 0 Å². The molecule has 0 bridgehead atoms. The van der Waals surface area contributed by atoms with E-state index in [0.29, 0.717) is 5.69 Å². The summed E-state index contributed by atoms with van der Waals surface area (Å²) in [4.78, 5) is 0. The Labute approximate surface area is 90.6 Å². The van der Waals surface area contributed by atoms with E-state index in [9.17, 15) is 0 Å². The Morgan fingerprint density at radius 2 is 2.27 bits per heavy atom. The van der Waals surface area contributed by atoms with Crippen LogP contribution in [0.4, 0.5) is 11.4 Å². The fraction of sp³-hybridized carbons (Fsp3) is 0.500. The van der Waals surface area contributed by atoms with Crippen LogP contribution >= 0.6 is 0 Å². The van der Waals surface area contributed by atoms with Gasteiger partial charge >= 0.3 is 0 Å². The molecule has 0 amide bonds. The van der Waals surface area contributed by atoms with Gasteiger partial charge in [0.05, 0.1) is 12.8 Å². The van der Waals surface area contributed by atoms with Gasteiger partial charge in [-0.2, -0.15) is 0 Å². The van der Waals surface area contributed by atoms with E-state index in [1.165, 1.54) is 6.42 Å². The number of benzene rings is 1. The first-order valence-electron chi connectivity index (χ1n) is 5.38. The molecule has 0 aliphatic heterocycles. The molecule has 0 spiro atoms. The number of anilines is 2. The summed E-state index contributed by atoms with van der Waals surface area (Å²) >= 11 is 0. The van der Waals surface area contributed by atoms with Crippen LogP contribution in [-0.2, 0) is 0 Å². The molecule has 3 N–H and O–H groups in total. The smallest absolute Gasteiger partial charge is 0.143 e. The molecule has 2 atom stereocenters. The lowest BCUT2D eigenvalue weighted by molar-refractivity contribution is 0.417. The van der Waals surface area contributed by atoms with Gasteiger partial charge in [0, 0.05) is 18.3 Å². The largest absolute Gasteiger partial charge is 0.495 e. The lowest BCUT2D eigenvalue weighted by Crippen LogP contribution is -2.04. The Kier molecular flexibility index (Phi) is 2.71. The SMILES string of the molecule is COc1cc(NCC2CC2C)ccc1N. The van der Waals surface area contributed by atoms with E-state index in [1.54, 1.807) is 7.11 Å². The third-order valence-corrected chi connectivity index (χ3v) is 3.08. The Bertz CT molecular complexity index is 351. The fourth-order valence-electron chi connectivity index (χ4n) is 1.75. The average Bonchev–Trinajstić information content (AvgIpc) is 2.93. The second kappa shape index (κ2) is 4.01. The third kappa shape index (κ3) is 2.35.